The lowest BCUT2D eigenvalue weighted by Gasteiger charge is -2.12. The summed E-state index contributed by atoms with van der Waals surface area (Å²) in [6.45, 7) is 9.83. The van der Waals surface area contributed by atoms with Crippen LogP contribution < -0.4 is 10.6 Å². The van der Waals surface area contributed by atoms with Crippen LogP contribution in [0, 0.1) is 20.8 Å². The molecule has 0 atom stereocenters. The van der Waals surface area contributed by atoms with Crippen molar-refractivity contribution in [3.05, 3.63) is 77.4 Å². The highest BCUT2D eigenvalue weighted by molar-refractivity contribution is 6.06. The predicted molar refractivity (Wildman–Crippen MR) is 106 cm³/mol. The number of anilines is 1. The summed E-state index contributed by atoms with van der Waals surface area (Å²) in [6, 6.07) is 9.38. The van der Waals surface area contributed by atoms with Gasteiger partial charge in [-0.2, -0.15) is 0 Å². The number of imidazole rings is 1. The number of hydrogen-bond donors (Lipinski definition) is 2. The Balaban J connectivity index is 2.01. The van der Waals surface area contributed by atoms with Gasteiger partial charge < -0.3 is 10.6 Å². The first kappa shape index (κ1) is 18.4. The van der Waals surface area contributed by atoms with Crippen molar-refractivity contribution < 1.29 is 9.59 Å². The summed E-state index contributed by atoms with van der Waals surface area (Å²) in [5.41, 5.74) is 4.63. The Morgan fingerprint density at radius 2 is 1.85 bits per heavy atom. The Morgan fingerprint density at radius 3 is 2.52 bits per heavy atom. The molecule has 2 aromatic heterocycles. The first-order valence-corrected chi connectivity index (χ1v) is 8.67. The summed E-state index contributed by atoms with van der Waals surface area (Å²) in [6.07, 6.45) is 3.31. The number of aromatic nitrogens is 2. The third-order valence-electron chi connectivity index (χ3n) is 4.29. The summed E-state index contributed by atoms with van der Waals surface area (Å²) in [7, 11) is 0. The number of rotatable bonds is 5. The largest absolute Gasteiger partial charge is 0.347 e. The Morgan fingerprint density at radius 1 is 1.15 bits per heavy atom. The second-order valence-electron chi connectivity index (χ2n) is 6.47. The van der Waals surface area contributed by atoms with Gasteiger partial charge in [0.15, 0.2) is 5.69 Å². The zero-order chi connectivity index (χ0) is 19.6. The van der Waals surface area contributed by atoms with Gasteiger partial charge in [-0.1, -0.05) is 29.8 Å². The normalized spacial score (nSPS) is 10.6. The third-order valence-corrected chi connectivity index (χ3v) is 4.29. The summed E-state index contributed by atoms with van der Waals surface area (Å²) >= 11 is 0. The fourth-order valence-electron chi connectivity index (χ4n) is 3.16. The summed E-state index contributed by atoms with van der Waals surface area (Å²) in [5.74, 6) is -0.553. The zero-order valence-corrected chi connectivity index (χ0v) is 15.7. The molecule has 3 rings (SSSR count). The van der Waals surface area contributed by atoms with Gasteiger partial charge in [0, 0.05) is 18.4 Å². The molecule has 0 aliphatic carbocycles. The molecule has 0 saturated heterocycles. The van der Waals surface area contributed by atoms with Crippen LogP contribution in [0.15, 0.2) is 49.2 Å². The minimum atomic E-state index is -0.367. The van der Waals surface area contributed by atoms with E-state index in [1.54, 1.807) is 34.9 Å². The molecule has 2 heterocycles. The number of benzene rings is 1. The molecule has 6 nitrogen and oxygen atoms in total. The number of pyridine rings is 1. The molecule has 0 spiro atoms. The van der Waals surface area contributed by atoms with Gasteiger partial charge in [0.2, 0.25) is 5.82 Å². The quantitative estimate of drug-likeness (QED) is 0.683. The molecular weight excluding hydrogens is 340 g/mol. The third kappa shape index (κ3) is 3.60. The van der Waals surface area contributed by atoms with Crippen LogP contribution in [-0.4, -0.2) is 27.7 Å². The van der Waals surface area contributed by atoms with Crippen LogP contribution in [0.2, 0.25) is 0 Å². The van der Waals surface area contributed by atoms with E-state index in [0.717, 1.165) is 22.4 Å². The highest BCUT2D eigenvalue weighted by Crippen LogP contribution is 2.23. The van der Waals surface area contributed by atoms with Gasteiger partial charge in [-0.25, -0.2) is 4.98 Å². The van der Waals surface area contributed by atoms with E-state index in [0.29, 0.717) is 12.1 Å². The monoisotopic (exact) mass is 362 g/mol. The molecule has 3 aromatic rings. The smallest absolute Gasteiger partial charge is 0.292 e. The van der Waals surface area contributed by atoms with Crippen molar-refractivity contribution in [3.8, 4) is 0 Å². The van der Waals surface area contributed by atoms with Crippen molar-refractivity contribution in [1.82, 2.24) is 14.7 Å². The van der Waals surface area contributed by atoms with Crippen molar-refractivity contribution in [1.29, 1.82) is 0 Å². The average Bonchev–Trinajstić information content (AvgIpc) is 3.02. The molecule has 0 unspecified atom stereocenters. The molecule has 27 heavy (non-hydrogen) atoms. The van der Waals surface area contributed by atoms with Gasteiger partial charge in [0.1, 0.15) is 0 Å². The zero-order valence-electron chi connectivity index (χ0n) is 15.7. The van der Waals surface area contributed by atoms with Crippen LogP contribution in [0.25, 0.3) is 5.52 Å². The van der Waals surface area contributed by atoms with E-state index in [2.05, 4.69) is 22.2 Å². The highest BCUT2D eigenvalue weighted by Gasteiger charge is 2.22. The maximum atomic E-state index is 12.9. The highest BCUT2D eigenvalue weighted by atomic mass is 16.2. The summed E-state index contributed by atoms with van der Waals surface area (Å²) < 4.78 is 1.62. The van der Waals surface area contributed by atoms with Crippen LogP contribution in [0.3, 0.4) is 0 Å². The Bertz CT molecular complexity index is 1030. The van der Waals surface area contributed by atoms with Gasteiger partial charge in [-0.15, -0.1) is 6.58 Å². The fraction of sp³-hybridized carbons (Fsp3) is 0.190. The molecule has 1 aromatic carbocycles. The number of nitrogens with zero attached hydrogens (tertiary/aromatic N) is 2. The molecular formula is C21H22N4O2. The number of nitrogens with one attached hydrogen (secondary N) is 2. The lowest BCUT2D eigenvalue weighted by Crippen LogP contribution is -2.24. The van der Waals surface area contributed by atoms with Crippen LogP contribution in [-0.2, 0) is 0 Å². The number of hydrogen-bond acceptors (Lipinski definition) is 3. The molecule has 0 fully saturated rings. The van der Waals surface area contributed by atoms with E-state index in [4.69, 9.17) is 0 Å². The molecule has 0 bridgehead atoms. The van der Waals surface area contributed by atoms with E-state index < -0.39 is 0 Å². The van der Waals surface area contributed by atoms with Crippen molar-refractivity contribution in [2.75, 3.05) is 11.9 Å². The Kier molecular flexibility index (Phi) is 5.07. The maximum Gasteiger partial charge on any atom is 0.292 e. The molecule has 0 radical (unpaired) electrons. The molecule has 0 aliphatic rings. The minimum absolute atomic E-state index is 0.161. The van der Waals surface area contributed by atoms with Crippen molar-refractivity contribution in [2.45, 2.75) is 20.8 Å². The fourth-order valence-corrected chi connectivity index (χ4v) is 3.16. The molecule has 6 heteroatoms. The van der Waals surface area contributed by atoms with Crippen LogP contribution in [0.4, 0.5) is 5.69 Å². The van der Waals surface area contributed by atoms with Gasteiger partial charge in [-0.05, 0) is 44.0 Å². The first-order valence-electron chi connectivity index (χ1n) is 8.67. The first-order chi connectivity index (χ1) is 12.9. The van der Waals surface area contributed by atoms with Crippen molar-refractivity contribution in [2.24, 2.45) is 0 Å². The predicted octanol–water partition coefficient (Wildman–Crippen LogP) is 3.43. The van der Waals surface area contributed by atoms with Crippen LogP contribution >= 0.6 is 0 Å². The Labute approximate surface area is 157 Å². The Hall–Kier alpha value is -3.41. The number of amides is 2. The minimum Gasteiger partial charge on any atom is -0.347 e. The van der Waals surface area contributed by atoms with E-state index in [1.807, 2.05) is 32.9 Å². The number of carbonyl (C=O) groups excluding carboxylic acids is 2. The van der Waals surface area contributed by atoms with E-state index in [1.165, 1.54) is 0 Å². The molecule has 138 valence electrons. The number of carbonyl (C=O) groups is 2. The molecule has 2 N–H and O–H groups in total. The van der Waals surface area contributed by atoms with Gasteiger partial charge in [0.25, 0.3) is 11.8 Å². The average molecular weight is 362 g/mol. The number of fused-ring (bicyclic) bond motifs is 1. The van der Waals surface area contributed by atoms with E-state index >= 15 is 0 Å². The van der Waals surface area contributed by atoms with Gasteiger partial charge in [-0.3, -0.25) is 14.0 Å². The SMILES string of the molecule is C=CCNC(=O)c1nc(C(=O)Nc2c(C)cc(C)cc2C)n2ccccc12. The summed E-state index contributed by atoms with van der Waals surface area (Å²) in [4.78, 5) is 29.6. The molecule has 0 aliphatic heterocycles. The maximum absolute atomic E-state index is 12.9. The summed E-state index contributed by atoms with van der Waals surface area (Å²) in [5, 5.41) is 5.64. The molecule has 0 saturated carbocycles. The second-order valence-corrected chi connectivity index (χ2v) is 6.47. The van der Waals surface area contributed by atoms with Crippen molar-refractivity contribution in [3.63, 3.8) is 0 Å². The second kappa shape index (κ2) is 7.45. The van der Waals surface area contributed by atoms with Gasteiger partial charge >= 0.3 is 0 Å². The van der Waals surface area contributed by atoms with Crippen LogP contribution in [0.5, 0.6) is 0 Å². The standard InChI is InChI=1S/C21H22N4O2/c1-5-9-22-20(26)18-16-8-6-7-10-25(16)19(23-18)21(27)24-17-14(3)11-13(2)12-15(17)4/h5-8,10-12H,1,9H2,2-4H3,(H,22,26)(H,24,27). The lowest BCUT2D eigenvalue weighted by atomic mass is 10.1. The lowest BCUT2D eigenvalue weighted by molar-refractivity contribution is 0.0955. The number of aryl methyl sites for hydroxylation is 3. The van der Waals surface area contributed by atoms with Gasteiger partial charge in [0.05, 0.1) is 5.52 Å². The molecule has 2 amide bonds. The van der Waals surface area contributed by atoms with E-state index in [-0.39, 0.29) is 23.3 Å². The van der Waals surface area contributed by atoms with Crippen LogP contribution in [0.1, 0.15) is 37.8 Å². The van der Waals surface area contributed by atoms with E-state index in [9.17, 15) is 9.59 Å². The topological polar surface area (TPSA) is 75.5 Å². The van der Waals surface area contributed by atoms with Crippen molar-refractivity contribution >= 4 is 23.0 Å².